The Kier molecular flexibility index (Phi) is 6.74. The molecule has 0 spiro atoms. The number of halogens is 1. The van der Waals surface area contributed by atoms with Crippen molar-refractivity contribution in [2.24, 2.45) is 0 Å². The maximum atomic E-state index is 12.1. The number of hydrogen-bond acceptors (Lipinski definition) is 5. The first-order valence-corrected chi connectivity index (χ1v) is 8.31. The van der Waals surface area contributed by atoms with Gasteiger partial charge in [0.25, 0.3) is 5.91 Å². The molecule has 0 saturated heterocycles. The van der Waals surface area contributed by atoms with E-state index in [1.54, 1.807) is 6.92 Å². The first-order valence-electron chi connectivity index (χ1n) is 6.50. The minimum absolute atomic E-state index is 0.0382. The van der Waals surface area contributed by atoms with Crippen molar-refractivity contribution in [3.8, 4) is 0 Å². The van der Waals surface area contributed by atoms with Crippen molar-refractivity contribution in [2.75, 3.05) is 26.0 Å². The second kappa shape index (κ2) is 8.09. The Morgan fingerprint density at radius 3 is 2.57 bits per heavy atom. The molecule has 1 aromatic rings. The number of sulfonamides is 1. The Hall–Kier alpha value is -1.90. The van der Waals surface area contributed by atoms with Crippen molar-refractivity contribution >= 4 is 39.2 Å². The molecule has 0 aromatic heterocycles. The van der Waals surface area contributed by atoms with Gasteiger partial charge in [0, 0.05) is 25.9 Å². The standard InChI is InChI=1S/C14H17ClN2O5S/c1-4-5-14(19)22-9-13(18)16-10-6-7-11(15)12(8-10)23(20,21)17(2)3/h4-8H,9H2,1-3H3,(H,16,18). The molecule has 0 radical (unpaired) electrons. The average molecular weight is 361 g/mol. The van der Waals surface area contributed by atoms with E-state index in [-0.39, 0.29) is 15.6 Å². The molecule has 0 aliphatic carbocycles. The minimum atomic E-state index is -3.74. The molecule has 0 aliphatic rings. The van der Waals surface area contributed by atoms with E-state index in [0.29, 0.717) is 0 Å². The fraction of sp³-hybridized carbons (Fsp3) is 0.286. The van der Waals surface area contributed by atoms with Crippen molar-refractivity contribution in [3.05, 3.63) is 35.4 Å². The molecule has 0 fully saturated rings. The van der Waals surface area contributed by atoms with Gasteiger partial charge < -0.3 is 10.1 Å². The summed E-state index contributed by atoms with van der Waals surface area (Å²) in [7, 11) is -0.998. The van der Waals surface area contributed by atoms with Crippen molar-refractivity contribution in [1.82, 2.24) is 4.31 Å². The smallest absolute Gasteiger partial charge is 0.330 e. The average Bonchev–Trinajstić information content (AvgIpc) is 2.47. The predicted molar refractivity (Wildman–Crippen MR) is 86.7 cm³/mol. The van der Waals surface area contributed by atoms with Crippen LogP contribution in [-0.2, 0) is 24.3 Å². The summed E-state index contributed by atoms with van der Waals surface area (Å²) in [6.07, 6.45) is 2.66. The third-order valence-corrected chi connectivity index (χ3v) is 4.92. The van der Waals surface area contributed by atoms with Gasteiger partial charge in [-0.15, -0.1) is 0 Å². The zero-order chi connectivity index (χ0) is 17.6. The quantitative estimate of drug-likeness (QED) is 0.615. The summed E-state index contributed by atoms with van der Waals surface area (Å²) in [6.45, 7) is 1.16. The molecule has 126 valence electrons. The molecular formula is C14H17ClN2O5S. The molecule has 0 bridgehead atoms. The third kappa shape index (κ3) is 5.34. The summed E-state index contributed by atoms with van der Waals surface area (Å²) in [4.78, 5) is 22.7. The van der Waals surface area contributed by atoms with Crippen molar-refractivity contribution < 1.29 is 22.7 Å². The van der Waals surface area contributed by atoms with Crippen LogP contribution in [0.1, 0.15) is 6.92 Å². The number of amides is 1. The predicted octanol–water partition coefficient (Wildman–Crippen LogP) is 1.65. The van der Waals surface area contributed by atoms with Crippen LogP contribution < -0.4 is 5.32 Å². The number of carbonyl (C=O) groups is 2. The molecule has 0 unspecified atom stereocenters. The third-order valence-electron chi connectivity index (χ3n) is 2.62. The second-order valence-corrected chi connectivity index (χ2v) is 7.12. The maximum Gasteiger partial charge on any atom is 0.330 e. The number of hydrogen-bond donors (Lipinski definition) is 1. The fourth-order valence-corrected chi connectivity index (χ4v) is 2.89. The van der Waals surface area contributed by atoms with Gasteiger partial charge >= 0.3 is 5.97 Å². The van der Waals surface area contributed by atoms with Crippen molar-refractivity contribution in [1.29, 1.82) is 0 Å². The molecule has 1 amide bonds. The van der Waals surface area contributed by atoms with Crippen LogP contribution in [0.25, 0.3) is 0 Å². The van der Waals surface area contributed by atoms with Gasteiger partial charge in [0.1, 0.15) is 4.90 Å². The topological polar surface area (TPSA) is 92.8 Å². The zero-order valence-electron chi connectivity index (χ0n) is 12.9. The van der Waals surface area contributed by atoms with Gasteiger partial charge in [0.05, 0.1) is 5.02 Å². The SMILES string of the molecule is CC=CC(=O)OCC(=O)Nc1ccc(Cl)c(S(=O)(=O)N(C)C)c1. The van der Waals surface area contributed by atoms with Gasteiger partial charge in [-0.05, 0) is 25.1 Å². The van der Waals surface area contributed by atoms with Crippen LogP contribution in [0.3, 0.4) is 0 Å². The van der Waals surface area contributed by atoms with E-state index in [1.807, 2.05) is 0 Å². The molecule has 1 aromatic carbocycles. The Balaban J connectivity index is 2.87. The van der Waals surface area contributed by atoms with Gasteiger partial charge in [-0.25, -0.2) is 17.5 Å². The van der Waals surface area contributed by atoms with Gasteiger partial charge in [-0.3, -0.25) is 4.79 Å². The summed E-state index contributed by atoms with van der Waals surface area (Å²) in [5.74, 6) is -1.24. The van der Waals surface area contributed by atoms with E-state index in [0.717, 1.165) is 4.31 Å². The first-order chi connectivity index (χ1) is 10.7. The number of allylic oxidation sites excluding steroid dienone is 1. The highest BCUT2D eigenvalue weighted by molar-refractivity contribution is 7.89. The number of carbonyl (C=O) groups excluding carboxylic acids is 2. The molecule has 1 rings (SSSR count). The van der Waals surface area contributed by atoms with Crippen LogP contribution in [0.15, 0.2) is 35.2 Å². The van der Waals surface area contributed by atoms with E-state index >= 15 is 0 Å². The number of ether oxygens (including phenoxy) is 1. The largest absolute Gasteiger partial charge is 0.452 e. The van der Waals surface area contributed by atoms with Gasteiger partial charge in [0.2, 0.25) is 10.0 Å². The Labute approximate surface area is 139 Å². The Morgan fingerprint density at radius 2 is 2.00 bits per heavy atom. The minimum Gasteiger partial charge on any atom is -0.452 e. The fourth-order valence-electron chi connectivity index (χ4n) is 1.49. The lowest BCUT2D eigenvalue weighted by atomic mass is 10.3. The molecule has 0 heterocycles. The van der Waals surface area contributed by atoms with Crippen molar-refractivity contribution in [2.45, 2.75) is 11.8 Å². The van der Waals surface area contributed by atoms with Crippen LogP contribution >= 0.6 is 11.6 Å². The molecule has 7 nitrogen and oxygen atoms in total. The second-order valence-electron chi connectivity index (χ2n) is 4.59. The molecule has 23 heavy (non-hydrogen) atoms. The molecule has 0 atom stereocenters. The summed E-state index contributed by atoms with van der Waals surface area (Å²) in [6, 6.07) is 4.05. The molecule has 0 saturated carbocycles. The van der Waals surface area contributed by atoms with E-state index < -0.39 is 28.5 Å². The van der Waals surface area contributed by atoms with E-state index in [4.69, 9.17) is 11.6 Å². The van der Waals surface area contributed by atoms with Crippen LogP contribution in [-0.4, -0.2) is 45.3 Å². The van der Waals surface area contributed by atoms with Gasteiger partial charge in [-0.1, -0.05) is 17.7 Å². The van der Waals surface area contributed by atoms with Gasteiger partial charge in [-0.2, -0.15) is 0 Å². The lowest BCUT2D eigenvalue weighted by Gasteiger charge is -2.14. The summed E-state index contributed by atoms with van der Waals surface area (Å²) >= 11 is 5.90. The zero-order valence-corrected chi connectivity index (χ0v) is 14.4. The summed E-state index contributed by atoms with van der Waals surface area (Å²) in [5, 5.41) is 2.47. The Morgan fingerprint density at radius 1 is 1.35 bits per heavy atom. The van der Waals surface area contributed by atoms with Crippen LogP contribution in [0.5, 0.6) is 0 Å². The number of esters is 1. The highest BCUT2D eigenvalue weighted by Crippen LogP contribution is 2.26. The van der Waals surface area contributed by atoms with Crippen molar-refractivity contribution in [3.63, 3.8) is 0 Å². The van der Waals surface area contributed by atoms with E-state index in [9.17, 15) is 18.0 Å². The number of nitrogens with one attached hydrogen (secondary N) is 1. The number of nitrogens with zero attached hydrogens (tertiary/aromatic N) is 1. The molecule has 9 heteroatoms. The van der Waals surface area contributed by atoms with Crippen LogP contribution in [0.4, 0.5) is 5.69 Å². The van der Waals surface area contributed by atoms with E-state index in [2.05, 4.69) is 10.1 Å². The number of benzene rings is 1. The highest BCUT2D eigenvalue weighted by atomic mass is 35.5. The maximum absolute atomic E-state index is 12.1. The summed E-state index contributed by atoms with van der Waals surface area (Å²) < 4.78 is 30.0. The van der Waals surface area contributed by atoms with Crippen LogP contribution in [0.2, 0.25) is 5.02 Å². The molecule has 0 aliphatic heterocycles. The van der Waals surface area contributed by atoms with Crippen LogP contribution in [0, 0.1) is 0 Å². The number of anilines is 1. The Bertz CT molecular complexity index is 729. The summed E-state index contributed by atoms with van der Waals surface area (Å²) in [5.41, 5.74) is 0.224. The monoisotopic (exact) mass is 360 g/mol. The normalized spacial score (nSPS) is 11.7. The lowest BCUT2D eigenvalue weighted by Crippen LogP contribution is -2.23. The molecule has 1 N–H and O–H groups in total. The molecular weight excluding hydrogens is 344 g/mol. The van der Waals surface area contributed by atoms with Gasteiger partial charge in [0.15, 0.2) is 6.61 Å². The first kappa shape index (κ1) is 19.1. The lowest BCUT2D eigenvalue weighted by molar-refractivity contribution is -0.142. The van der Waals surface area contributed by atoms with E-state index in [1.165, 1.54) is 44.4 Å². The highest BCUT2D eigenvalue weighted by Gasteiger charge is 2.21. The number of rotatable bonds is 6.